The maximum Gasteiger partial charge on any atom is 0.157 e. The molecule has 0 atom stereocenters. The van der Waals surface area contributed by atoms with Crippen LogP contribution in [0.1, 0.15) is 42.4 Å². The minimum atomic E-state index is 0.632. The molecule has 4 aromatic rings. The van der Waals surface area contributed by atoms with E-state index < -0.39 is 0 Å². The van der Waals surface area contributed by atoms with Crippen LogP contribution in [0.3, 0.4) is 0 Å². The molecule has 0 saturated carbocycles. The van der Waals surface area contributed by atoms with Gasteiger partial charge in [-0.05, 0) is 81.6 Å². The topological polar surface area (TPSA) is 65.9 Å². The number of anilines is 1. The van der Waals surface area contributed by atoms with Gasteiger partial charge < -0.3 is 14.8 Å². The van der Waals surface area contributed by atoms with Crippen LogP contribution in [-0.4, -0.2) is 55.8 Å². The molecule has 7 heteroatoms. The van der Waals surface area contributed by atoms with Crippen molar-refractivity contribution in [2.75, 3.05) is 31.1 Å². The summed E-state index contributed by atoms with van der Waals surface area (Å²) in [5, 5.41) is 10.0. The van der Waals surface area contributed by atoms with Gasteiger partial charge in [0.1, 0.15) is 11.5 Å². The fraction of sp³-hybridized carbons (Fsp3) is 0.400. The van der Waals surface area contributed by atoms with Crippen LogP contribution in [0.15, 0.2) is 48.8 Å². The number of nitrogens with zero attached hydrogens (tertiary/aromatic N) is 6. The Kier molecular flexibility index (Phi) is 4.91. The first-order valence-corrected chi connectivity index (χ1v) is 11.7. The highest BCUT2D eigenvalue weighted by Crippen LogP contribution is 2.34. The highest BCUT2D eigenvalue weighted by molar-refractivity contribution is 5.80. The second-order valence-electron chi connectivity index (χ2n) is 9.02. The lowest BCUT2D eigenvalue weighted by molar-refractivity contribution is 0.211. The van der Waals surface area contributed by atoms with Crippen molar-refractivity contribution in [3.05, 3.63) is 66.0 Å². The first-order chi connectivity index (χ1) is 15.8. The van der Waals surface area contributed by atoms with Gasteiger partial charge in [0.15, 0.2) is 5.82 Å². The molecule has 0 unspecified atom stereocenters. The molecule has 2 aliphatic heterocycles. The van der Waals surface area contributed by atoms with Crippen LogP contribution in [0.5, 0.6) is 0 Å². The van der Waals surface area contributed by atoms with Crippen LogP contribution in [0, 0.1) is 6.92 Å². The highest BCUT2D eigenvalue weighted by atomic mass is 15.3. The molecule has 0 aliphatic carbocycles. The molecular weight excluding hydrogens is 398 g/mol. The number of aromatic amines is 1. The number of benzene rings is 1. The second-order valence-corrected chi connectivity index (χ2v) is 9.02. The smallest absolute Gasteiger partial charge is 0.157 e. The van der Waals surface area contributed by atoms with E-state index >= 15 is 0 Å². The molecule has 5 heterocycles. The number of piperidine rings is 1. The van der Waals surface area contributed by atoms with Crippen molar-refractivity contribution in [1.29, 1.82) is 0 Å². The van der Waals surface area contributed by atoms with Gasteiger partial charge in [-0.1, -0.05) is 12.1 Å². The maximum absolute atomic E-state index is 4.45. The van der Waals surface area contributed by atoms with E-state index in [0.717, 1.165) is 43.4 Å². The van der Waals surface area contributed by atoms with Crippen LogP contribution in [0.25, 0.3) is 16.7 Å². The predicted molar refractivity (Wildman–Crippen MR) is 126 cm³/mol. The quantitative estimate of drug-likeness (QED) is 0.521. The van der Waals surface area contributed by atoms with Gasteiger partial charge in [0, 0.05) is 24.3 Å². The number of pyridine rings is 1. The number of aromatic nitrogens is 5. The molecular formula is C25H29N7. The van der Waals surface area contributed by atoms with E-state index in [1.54, 1.807) is 0 Å². The molecule has 0 radical (unpaired) electrons. The molecule has 0 amide bonds. The number of para-hydroxylation sites is 2. The van der Waals surface area contributed by atoms with Gasteiger partial charge in [-0.2, -0.15) is 0 Å². The van der Waals surface area contributed by atoms with E-state index in [2.05, 4.69) is 71.1 Å². The predicted octanol–water partition coefficient (Wildman–Crippen LogP) is 4.04. The molecule has 1 aromatic carbocycles. The van der Waals surface area contributed by atoms with Crippen LogP contribution >= 0.6 is 0 Å². The van der Waals surface area contributed by atoms with E-state index in [1.165, 1.54) is 48.3 Å². The zero-order valence-electron chi connectivity index (χ0n) is 18.5. The molecule has 0 bridgehead atoms. The summed E-state index contributed by atoms with van der Waals surface area (Å²) in [5.41, 5.74) is 4.94. The molecule has 7 nitrogen and oxygen atoms in total. The van der Waals surface area contributed by atoms with E-state index in [0.29, 0.717) is 5.92 Å². The lowest BCUT2D eigenvalue weighted by Gasteiger charge is -2.34. The molecule has 3 aromatic heterocycles. The number of H-pyrrole nitrogens is 1. The Labute approximate surface area is 188 Å². The lowest BCUT2D eigenvalue weighted by atomic mass is 9.89. The molecule has 1 saturated heterocycles. The average Bonchev–Trinajstić information content (AvgIpc) is 3.43. The Morgan fingerprint density at radius 3 is 2.72 bits per heavy atom. The number of hydrogen-bond donors (Lipinski definition) is 1. The van der Waals surface area contributed by atoms with Crippen LogP contribution < -0.4 is 4.90 Å². The van der Waals surface area contributed by atoms with Gasteiger partial charge in [0.2, 0.25) is 0 Å². The number of hydrogen-bond acceptors (Lipinski definition) is 5. The lowest BCUT2D eigenvalue weighted by Crippen LogP contribution is -2.36. The largest absolute Gasteiger partial charge is 0.362 e. The van der Waals surface area contributed by atoms with Crippen molar-refractivity contribution in [1.82, 2.24) is 29.6 Å². The monoisotopic (exact) mass is 427 g/mol. The normalized spacial score (nSPS) is 17.0. The number of rotatable bonds is 5. The fourth-order valence-electron chi connectivity index (χ4n) is 5.47. The van der Waals surface area contributed by atoms with E-state index in [9.17, 15) is 0 Å². The summed E-state index contributed by atoms with van der Waals surface area (Å²) in [4.78, 5) is 12.9. The molecule has 1 fully saturated rings. The van der Waals surface area contributed by atoms with Crippen LogP contribution in [-0.2, 0) is 6.54 Å². The van der Waals surface area contributed by atoms with Crippen molar-refractivity contribution in [2.24, 2.45) is 0 Å². The molecule has 0 spiro atoms. The third-order valence-corrected chi connectivity index (χ3v) is 7.10. The van der Waals surface area contributed by atoms with Crippen molar-refractivity contribution in [2.45, 2.75) is 38.6 Å². The molecule has 164 valence electrons. The summed E-state index contributed by atoms with van der Waals surface area (Å²) in [5.74, 6) is 2.63. The van der Waals surface area contributed by atoms with Gasteiger partial charge in [-0.15, -0.1) is 10.2 Å². The molecule has 6 rings (SSSR count). The van der Waals surface area contributed by atoms with Crippen molar-refractivity contribution in [3.8, 4) is 5.69 Å². The zero-order chi connectivity index (χ0) is 21.5. The minimum absolute atomic E-state index is 0.632. The van der Waals surface area contributed by atoms with E-state index in [4.69, 9.17) is 0 Å². The second kappa shape index (κ2) is 8.06. The maximum atomic E-state index is 4.45. The van der Waals surface area contributed by atoms with Gasteiger partial charge in [-0.25, -0.2) is 4.98 Å². The van der Waals surface area contributed by atoms with Crippen molar-refractivity contribution >= 4 is 16.7 Å². The summed E-state index contributed by atoms with van der Waals surface area (Å²) >= 11 is 0. The Morgan fingerprint density at radius 1 is 1.00 bits per heavy atom. The Balaban J connectivity index is 1.06. The average molecular weight is 428 g/mol. The fourth-order valence-corrected chi connectivity index (χ4v) is 5.47. The summed E-state index contributed by atoms with van der Waals surface area (Å²) in [7, 11) is 0. The van der Waals surface area contributed by atoms with Gasteiger partial charge in [0.25, 0.3) is 0 Å². The standard InChI is InChI=1S/C25H29N7/c1-18-28-29-24-17-31(22-7-2-3-8-23(22)32(18)24)13-5-12-30-14-9-19(10-15-30)21-16-27-25-20(21)6-4-11-26-25/h2-4,6-8,11,16,19H,5,9-10,12-15,17H2,1H3,(H,26,27). The number of likely N-dealkylation sites (tertiary alicyclic amines) is 1. The van der Waals surface area contributed by atoms with Crippen LogP contribution in [0.4, 0.5) is 5.69 Å². The first-order valence-electron chi connectivity index (χ1n) is 11.7. The van der Waals surface area contributed by atoms with Crippen molar-refractivity contribution in [3.63, 3.8) is 0 Å². The summed E-state index contributed by atoms with van der Waals surface area (Å²) in [6, 6.07) is 12.9. The number of fused-ring (bicyclic) bond motifs is 4. The highest BCUT2D eigenvalue weighted by Gasteiger charge is 2.26. The number of nitrogens with one attached hydrogen (secondary N) is 1. The zero-order valence-corrected chi connectivity index (χ0v) is 18.5. The van der Waals surface area contributed by atoms with E-state index in [-0.39, 0.29) is 0 Å². The molecule has 2 aliphatic rings. The van der Waals surface area contributed by atoms with Gasteiger partial charge >= 0.3 is 0 Å². The minimum Gasteiger partial charge on any atom is -0.362 e. The van der Waals surface area contributed by atoms with Gasteiger partial charge in [-0.3, -0.25) is 4.57 Å². The number of aryl methyl sites for hydroxylation is 1. The Hall–Kier alpha value is -3.19. The summed E-state index contributed by atoms with van der Waals surface area (Å²) < 4.78 is 2.19. The third-order valence-electron chi connectivity index (χ3n) is 7.10. The van der Waals surface area contributed by atoms with Gasteiger partial charge in [0.05, 0.1) is 17.9 Å². The Morgan fingerprint density at radius 2 is 1.84 bits per heavy atom. The van der Waals surface area contributed by atoms with Crippen LogP contribution in [0.2, 0.25) is 0 Å². The SMILES string of the molecule is Cc1nnc2n1-c1ccccc1N(CCCN1CCC(c3c[nH]c4ncccc34)CC1)C2. The molecule has 32 heavy (non-hydrogen) atoms. The Bertz CT molecular complexity index is 1230. The molecule has 1 N–H and O–H groups in total. The summed E-state index contributed by atoms with van der Waals surface area (Å²) in [6.45, 7) is 7.38. The third kappa shape index (κ3) is 3.37. The first kappa shape index (κ1) is 19.5. The summed E-state index contributed by atoms with van der Waals surface area (Å²) in [6.07, 6.45) is 7.62. The van der Waals surface area contributed by atoms with E-state index in [1.807, 2.05) is 19.2 Å². The van der Waals surface area contributed by atoms with Crippen molar-refractivity contribution < 1.29 is 0 Å².